The average molecular weight is 379 g/mol. The summed E-state index contributed by atoms with van der Waals surface area (Å²) in [4.78, 5) is 25.5. The van der Waals surface area contributed by atoms with Crippen molar-refractivity contribution in [2.45, 2.75) is 13.8 Å². The number of hydrogen-bond acceptors (Lipinski definition) is 7. The van der Waals surface area contributed by atoms with Gasteiger partial charge < -0.3 is 19.1 Å². The minimum absolute atomic E-state index is 0.0506. The third-order valence-electron chi connectivity index (χ3n) is 4.64. The zero-order chi connectivity index (χ0) is 19.5. The van der Waals surface area contributed by atoms with Crippen LogP contribution in [0.4, 0.5) is 5.82 Å². The molecule has 1 fully saturated rings. The molecule has 3 heterocycles. The molecule has 0 aliphatic carbocycles. The van der Waals surface area contributed by atoms with Crippen LogP contribution in [0, 0.1) is 13.8 Å². The molecule has 28 heavy (non-hydrogen) atoms. The molecule has 0 N–H and O–H groups in total. The van der Waals surface area contributed by atoms with Crippen LogP contribution in [0.25, 0.3) is 0 Å². The van der Waals surface area contributed by atoms with Crippen molar-refractivity contribution < 1.29 is 14.1 Å². The van der Waals surface area contributed by atoms with Crippen molar-refractivity contribution in [1.82, 2.24) is 20.0 Å². The van der Waals surface area contributed by atoms with Gasteiger partial charge in [0.25, 0.3) is 5.91 Å². The highest BCUT2D eigenvalue weighted by molar-refractivity contribution is 5.94. The first-order valence-electron chi connectivity index (χ1n) is 9.14. The first kappa shape index (κ1) is 18.0. The van der Waals surface area contributed by atoms with Crippen LogP contribution in [0.1, 0.15) is 21.9 Å². The van der Waals surface area contributed by atoms with Crippen LogP contribution in [0.15, 0.2) is 47.1 Å². The molecule has 0 saturated carbocycles. The summed E-state index contributed by atoms with van der Waals surface area (Å²) >= 11 is 0. The van der Waals surface area contributed by atoms with E-state index in [0.717, 1.165) is 11.6 Å². The molecule has 1 aliphatic rings. The Hall–Kier alpha value is -3.42. The highest BCUT2D eigenvalue weighted by atomic mass is 16.5. The second-order valence-corrected chi connectivity index (χ2v) is 6.60. The van der Waals surface area contributed by atoms with E-state index in [-0.39, 0.29) is 5.91 Å². The second kappa shape index (κ2) is 7.67. The fourth-order valence-electron chi connectivity index (χ4n) is 3.16. The molecule has 0 unspecified atom stereocenters. The molecule has 1 aliphatic heterocycles. The van der Waals surface area contributed by atoms with Crippen molar-refractivity contribution in [2.24, 2.45) is 0 Å². The maximum absolute atomic E-state index is 12.6. The molecule has 3 aromatic rings. The van der Waals surface area contributed by atoms with Crippen LogP contribution in [-0.4, -0.2) is 52.1 Å². The number of carbonyl (C=O) groups is 1. The van der Waals surface area contributed by atoms with Crippen LogP contribution in [-0.2, 0) is 0 Å². The fraction of sp³-hybridized carbons (Fsp3) is 0.300. The molecule has 0 radical (unpaired) electrons. The molecule has 2 aromatic heterocycles. The standard InChI is InChI=1S/C20H21N5O3/c1-14-17(13-21-28-14)20(26)25-10-8-24(9-11-25)18-12-19(23-15(2)22-18)27-16-6-4-3-5-7-16/h3-7,12-13H,8-11H2,1-2H3. The first-order valence-corrected chi connectivity index (χ1v) is 9.14. The van der Waals surface area contributed by atoms with Gasteiger partial charge in [0.2, 0.25) is 5.88 Å². The third kappa shape index (κ3) is 3.80. The largest absolute Gasteiger partial charge is 0.439 e. The second-order valence-electron chi connectivity index (χ2n) is 6.60. The Morgan fingerprint density at radius 1 is 1.07 bits per heavy atom. The Balaban J connectivity index is 1.44. The van der Waals surface area contributed by atoms with E-state index in [4.69, 9.17) is 9.26 Å². The quantitative estimate of drug-likeness (QED) is 0.689. The molecule has 1 aromatic carbocycles. The molecule has 0 atom stereocenters. The Bertz CT molecular complexity index is 965. The summed E-state index contributed by atoms with van der Waals surface area (Å²) in [6.07, 6.45) is 1.48. The summed E-state index contributed by atoms with van der Waals surface area (Å²) in [7, 11) is 0. The lowest BCUT2D eigenvalue weighted by Crippen LogP contribution is -2.49. The Morgan fingerprint density at radius 2 is 1.82 bits per heavy atom. The number of piperazine rings is 1. The van der Waals surface area contributed by atoms with E-state index in [2.05, 4.69) is 20.0 Å². The summed E-state index contributed by atoms with van der Waals surface area (Å²) in [5, 5.41) is 3.69. The minimum atomic E-state index is -0.0506. The van der Waals surface area contributed by atoms with Crippen molar-refractivity contribution in [1.29, 1.82) is 0 Å². The lowest BCUT2D eigenvalue weighted by atomic mass is 10.2. The molecule has 8 heteroatoms. The number of aryl methyl sites for hydroxylation is 2. The topological polar surface area (TPSA) is 84.6 Å². The van der Waals surface area contributed by atoms with Crippen molar-refractivity contribution in [2.75, 3.05) is 31.1 Å². The van der Waals surface area contributed by atoms with Crippen molar-refractivity contribution >= 4 is 11.7 Å². The predicted molar refractivity (Wildman–Crippen MR) is 103 cm³/mol. The van der Waals surface area contributed by atoms with Gasteiger partial charge in [-0.25, -0.2) is 4.98 Å². The Morgan fingerprint density at radius 3 is 2.50 bits per heavy atom. The average Bonchev–Trinajstić information content (AvgIpc) is 3.14. The molecule has 4 rings (SSSR count). The van der Waals surface area contributed by atoms with Gasteiger partial charge >= 0.3 is 0 Å². The van der Waals surface area contributed by atoms with Crippen LogP contribution >= 0.6 is 0 Å². The van der Waals surface area contributed by atoms with Crippen molar-refractivity contribution in [3.8, 4) is 11.6 Å². The summed E-state index contributed by atoms with van der Waals surface area (Å²) in [5.74, 6) is 3.17. The van der Waals surface area contributed by atoms with E-state index < -0.39 is 0 Å². The number of nitrogens with zero attached hydrogens (tertiary/aromatic N) is 5. The Labute approximate surface area is 162 Å². The van der Waals surface area contributed by atoms with Crippen molar-refractivity contribution in [3.05, 3.63) is 59.7 Å². The summed E-state index contributed by atoms with van der Waals surface area (Å²) < 4.78 is 10.9. The highest BCUT2D eigenvalue weighted by Gasteiger charge is 2.25. The smallest absolute Gasteiger partial charge is 0.259 e. The van der Waals surface area contributed by atoms with Crippen LogP contribution < -0.4 is 9.64 Å². The van der Waals surface area contributed by atoms with E-state index in [1.807, 2.05) is 48.2 Å². The van der Waals surface area contributed by atoms with Gasteiger partial charge in [0.05, 0.1) is 6.20 Å². The van der Waals surface area contributed by atoms with E-state index in [1.54, 1.807) is 6.92 Å². The number of amides is 1. The molecular formula is C20H21N5O3. The van der Waals surface area contributed by atoms with E-state index in [9.17, 15) is 4.79 Å². The summed E-state index contributed by atoms with van der Waals surface area (Å²) in [6, 6.07) is 11.4. The lowest BCUT2D eigenvalue weighted by Gasteiger charge is -2.35. The highest BCUT2D eigenvalue weighted by Crippen LogP contribution is 2.24. The number of rotatable bonds is 4. The predicted octanol–water partition coefficient (Wildman–Crippen LogP) is 2.84. The fourth-order valence-corrected chi connectivity index (χ4v) is 3.16. The molecule has 144 valence electrons. The van der Waals surface area contributed by atoms with Crippen molar-refractivity contribution in [3.63, 3.8) is 0 Å². The normalized spacial score (nSPS) is 14.2. The number of carbonyl (C=O) groups excluding carboxylic acids is 1. The number of hydrogen-bond donors (Lipinski definition) is 0. The molecule has 8 nitrogen and oxygen atoms in total. The summed E-state index contributed by atoms with van der Waals surface area (Å²) in [6.45, 7) is 6.14. The van der Waals surface area contributed by atoms with E-state index in [0.29, 0.717) is 49.2 Å². The van der Waals surface area contributed by atoms with Gasteiger partial charge in [-0.15, -0.1) is 0 Å². The van der Waals surface area contributed by atoms with E-state index >= 15 is 0 Å². The van der Waals surface area contributed by atoms with Gasteiger partial charge in [-0.3, -0.25) is 4.79 Å². The molecule has 0 spiro atoms. The molecule has 1 saturated heterocycles. The zero-order valence-corrected chi connectivity index (χ0v) is 15.8. The van der Waals surface area contributed by atoms with Gasteiger partial charge in [0, 0.05) is 32.2 Å². The minimum Gasteiger partial charge on any atom is -0.439 e. The maximum Gasteiger partial charge on any atom is 0.259 e. The van der Waals surface area contributed by atoms with Gasteiger partial charge in [-0.1, -0.05) is 23.4 Å². The van der Waals surface area contributed by atoms with Gasteiger partial charge in [0.15, 0.2) is 0 Å². The molecular weight excluding hydrogens is 358 g/mol. The summed E-state index contributed by atoms with van der Waals surface area (Å²) in [5.41, 5.74) is 0.518. The number of para-hydroxylation sites is 1. The number of benzene rings is 1. The Kier molecular flexibility index (Phi) is 4.92. The SMILES string of the molecule is Cc1nc(Oc2ccccc2)cc(N2CCN(C(=O)c3cnoc3C)CC2)n1. The zero-order valence-electron chi connectivity index (χ0n) is 15.8. The maximum atomic E-state index is 12.6. The first-order chi connectivity index (χ1) is 13.6. The van der Waals surface area contributed by atoms with E-state index in [1.165, 1.54) is 6.20 Å². The van der Waals surface area contributed by atoms with Gasteiger partial charge in [-0.2, -0.15) is 4.98 Å². The molecule has 0 bridgehead atoms. The van der Waals surface area contributed by atoms with Crippen LogP contribution in [0.3, 0.4) is 0 Å². The molecule has 1 amide bonds. The number of ether oxygens (including phenoxy) is 1. The lowest BCUT2D eigenvalue weighted by molar-refractivity contribution is 0.0744. The third-order valence-corrected chi connectivity index (χ3v) is 4.64. The van der Waals surface area contributed by atoms with Crippen LogP contribution in [0.5, 0.6) is 11.6 Å². The van der Waals surface area contributed by atoms with Crippen LogP contribution in [0.2, 0.25) is 0 Å². The van der Waals surface area contributed by atoms with Gasteiger partial charge in [-0.05, 0) is 26.0 Å². The van der Waals surface area contributed by atoms with Gasteiger partial charge in [0.1, 0.15) is 28.7 Å². The monoisotopic (exact) mass is 379 g/mol. The number of aromatic nitrogens is 3. The number of anilines is 1.